The van der Waals surface area contributed by atoms with Gasteiger partial charge in [-0.1, -0.05) is 35.8 Å². The Labute approximate surface area is 106 Å². The van der Waals surface area contributed by atoms with Crippen LogP contribution in [0.5, 0.6) is 0 Å². The van der Waals surface area contributed by atoms with Gasteiger partial charge in [0.2, 0.25) is 0 Å². The van der Waals surface area contributed by atoms with Crippen molar-refractivity contribution in [1.29, 1.82) is 0 Å². The van der Waals surface area contributed by atoms with Crippen LogP contribution in [-0.4, -0.2) is 5.54 Å². The van der Waals surface area contributed by atoms with Gasteiger partial charge in [0.15, 0.2) is 0 Å². The van der Waals surface area contributed by atoms with E-state index in [1.807, 2.05) is 6.07 Å². The summed E-state index contributed by atoms with van der Waals surface area (Å²) in [4.78, 5) is 0. The van der Waals surface area contributed by atoms with E-state index < -0.39 is 0 Å². The minimum absolute atomic E-state index is 0.161. The fourth-order valence-corrected chi connectivity index (χ4v) is 1.96. The Balaban J connectivity index is 2.67. The van der Waals surface area contributed by atoms with Crippen molar-refractivity contribution in [3.8, 4) is 0 Å². The molecule has 0 aliphatic carbocycles. The van der Waals surface area contributed by atoms with E-state index in [-0.39, 0.29) is 11.4 Å². The zero-order valence-electron chi connectivity index (χ0n) is 10.1. The second-order valence-electron chi connectivity index (χ2n) is 4.36. The number of benzene rings is 1. The second kappa shape index (κ2) is 5.78. The maximum atomic E-state index is 12.9. The highest BCUT2D eigenvalue weighted by molar-refractivity contribution is 9.10. The lowest BCUT2D eigenvalue weighted by atomic mass is 9.95. The molecule has 16 heavy (non-hydrogen) atoms. The van der Waals surface area contributed by atoms with Gasteiger partial charge in [0.25, 0.3) is 0 Å². The Bertz CT molecular complexity index is 348. The number of hydrogen-bond donors (Lipinski definition) is 1. The van der Waals surface area contributed by atoms with Gasteiger partial charge in [0.05, 0.1) is 0 Å². The van der Waals surface area contributed by atoms with E-state index in [0.717, 1.165) is 29.4 Å². The SMILES string of the molecule is CCC(C)(CC)NCc1ccc(F)cc1Br. The fourth-order valence-electron chi connectivity index (χ4n) is 1.47. The smallest absolute Gasteiger partial charge is 0.124 e. The van der Waals surface area contributed by atoms with E-state index in [9.17, 15) is 4.39 Å². The molecule has 1 aromatic rings. The summed E-state index contributed by atoms with van der Waals surface area (Å²) in [7, 11) is 0. The highest BCUT2D eigenvalue weighted by Crippen LogP contribution is 2.20. The van der Waals surface area contributed by atoms with Crippen molar-refractivity contribution < 1.29 is 4.39 Å². The van der Waals surface area contributed by atoms with Crippen LogP contribution < -0.4 is 5.32 Å². The summed E-state index contributed by atoms with van der Waals surface area (Å²) in [5, 5.41) is 3.52. The van der Waals surface area contributed by atoms with Crippen LogP contribution in [0.2, 0.25) is 0 Å². The average Bonchev–Trinajstić information content (AvgIpc) is 2.27. The summed E-state index contributed by atoms with van der Waals surface area (Å²) in [5.74, 6) is -0.204. The molecule has 1 aromatic carbocycles. The Morgan fingerprint density at radius 1 is 1.31 bits per heavy atom. The van der Waals surface area contributed by atoms with Gasteiger partial charge in [-0.2, -0.15) is 0 Å². The van der Waals surface area contributed by atoms with Crippen LogP contribution in [0.1, 0.15) is 39.2 Å². The third kappa shape index (κ3) is 3.56. The molecule has 3 heteroatoms. The van der Waals surface area contributed by atoms with Crippen LogP contribution in [0.15, 0.2) is 22.7 Å². The average molecular weight is 288 g/mol. The van der Waals surface area contributed by atoms with Crippen molar-refractivity contribution in [2.45, 2.75) is 45.7 Å². The van der Waals surface area contributed by atoms with Gasteiger partial charge in [-0.15, -0.1) is 0 Å². The zero-order chi connectivity index (χ0) is 12.2. The summed E-state index contributed by atoms with van der Waals surface area (Å²) < 4.78 is 13.7. The number of rotatable bonds is 5. The highest BCUT2D eigenvalue weighted by atomic mass is 79.9. The van der Waals surface area contributed by atoms with Gasteiger partial charge >= 0.3 is 0 Å². The summed E-state index contributed by atoms with van der Waals surface area (Å²) in [6, 6.07) is 4.82. The first-order chi connectivity index (χ1) is 7.50. The lowest BCUT2D eigenvalue weighted by Crippen LogP contribution is -2.40. The Morgan fingerprint density at radius 2 is 1.94 bits per heavy atom. The Kier molecular flexibility index (Phi) is 4.93. The third-order valence-electron chi connectivity index (χ3n) is 3.28. The quantitative estimate of drug-likeness (QED) is 0.853. The van der Waals surface area contributed by atoms with Crippen LogP contribution in [-0.2, 0) is 6.54 Å². The molecule has 90 valence electrons. The van der Waals surface area contributed by atoms with Crippen LogP contribution in [0.25, 0.3) is 0 Å². The number of hydrogen-bond acceptors (Lipinski definition) is 1. The monoisotopic (exact) mass is 287 g/mol. The van der Waals surface area contributed by atoms with E-state index in [0.29, 0.717) is 0 Å². The third-order valence-corrected chi connectivity index (χ3v) is 4.02. The van der Waals surface area contributed by atoms with E-state index in [4.69, 9.17) is 0 Å². The molecule has 1 rings (SSSR count). The molecule has 0 saturated heterocycles. The lowest BCUT2D eigenvalue weighted by Gasteiger charge is -2.28. The molecule has 0 unspecified atom stereocenters. The summed E-state index contributed by atoms with van der Waals surface area (Å²) in [5.41, 5.74) is 1.25. The largest absolute Gasteiger partial charge is 0.307 e. The van der Waals surface area contributed by atoms with Crippen LogP contribution in [0.3, 0.4) is 0 Å². The summed E-state index contributed by atoms with van der Waals surface area (Å²) in [6.45, 7) is 7.33. The molecule has 0 atom stereocenters. The predicted octanol–water partition coefficient (Wildman–Crippen LogP) is 4.26. The van der Waals surface area contributed by atoms with Crippen molar-refractivity contribution in [2.75, 3.05) is 0 Å². The maximum absolute atomic E-state index is 12.9. The first-order valence-corrected chi connectivity index (χ1v) is 6.49. The predicted molar refractivity (Wildman–Crippen MR) is 69.9 cm³/mol. The first-order valence-electron chi connectivity index (χ1n) is 5.69. The topological polar surface area (TPSA) is 12.0 Å². The molecule has 0 fully saturated rings. The van der Waals surface area contributed by atoms with E-state index in [1.165, 1.54) is 12.1 Å². The molecule has 0 heterocycles. The van der Waals surface area contributed by atoms with Crippen LogP contribution in [0.4, 0.5) is 4.39 Å². The normalized spacial score (nSPS) is 11.8. The van der Waals surface area contributed by atoms with Gasteiger partial charge in [0, 0.05) is 16.6 Å². The van der Waals surface area contributed by atoms with Crippen molar-refractivity contribution in [3.63, 3.8) is 0 Å². The number of halogens is 2. The van der Waals surface area contributed by atoms with Crippen molar-refractivity contribution in [1.82, 2.24) is 5.32 Å². The molecular formula is C13H19BrFN. The molecule has 0 radical (unpaired) electrons. The minimum atomic E-state index is -0.204. The van der Waals surface area contributed by atoms with E-state index in [1.54, 1.807) is 0 Å². The zero-order valence-corrected chi connectivity index (χ0v) is 11.7. The Hall–Kier alpha value is -0.410. The lowest BCUT2D eigenvalue weighted by molar-refractivity contribution is 0.329. The molecule has 0 saturated carbocycles. The maximum Gasteiger partial charge on any atom is 0.124 e. The van der Waals surface area contributed by atoms with Crippen molar-refractivity contribution in [2.24, 2.45) is 0 Å². The van der Waals surface area contributed by atoms with Crippen LogP contribution >= 0.6 is 15.9 Å². The van der Waals surface area contributed by atoms with Gasteiger partial charge in [-0.25, -0.2) is 4.39 Å². The van der Waals surface area contributed by atoms with Crippen molar-refractivity contribution >= 4 is 15.9 Å². The molecule has 1 nitrogen and oxygen atoms in total. The van der Waals surface area contributed by atoms with Crippen molar-refractivity contribution in [3.05, 3.63) is 34.1 Å². The van der Waals surface area contributed by atoms with E-state index in [2.05, 4.69) is 42.0 Å². The molecular weight excluding hydrogens is 269 g/mol. The molecule has 0 aliphatic heterocycles. The van der Waals surface area contributed by atoms with Gasteiger partial charge in [0.1, 0.15) is 5.82 Å². The van der Waals surface area contributed by atoms with Gasteiger partial charge in [-0.3, -0.25) is 0 Å². The van der Waals surface area contributed by atoms with E-state index >= 15 is 0 Å². The highest BCUT2D eigenvalue weighted by Gasteiger charge is 2.18. The summed E-state index contributed by atoms with van der Waals surface area (Å²) >= 11 is 3.38. The molecule has 1 N–H and O–H groups in total. The Morgan fingerprint density at radius 3 is 2.44 bits per heavy atom. The number of nitrogens with one attached hydrogen (secondary N) is 1. The van der Waals surface area contributed by atoms with Crippen LogP contribution in [0, 0.1) is 5.82 Å². The minimum Gasteiger partial charge on any atom is -0.307 e. The molecule has 0 aliphatic rings. The fraction of sp³-hybridized carbons (Fsp3) is 0.538. The van der Waals surface area contributed by atoms with Gasteiger partial charge in [-0.05, 0) is 37.5 Å². The van der Waals surface area contributed by atoms with Gasteiger partial charge < -0.3 is 5.32 Å². The first kappa shape index (κ1) is 13.7. The summed E-state index contributed by atoms with van der Waals surface area (Å²) in [6.07, 6.45) is 2.17. The molecule has 0 bridgehead atoms. The second-order valence-corrected chi connectivity index (χ2v) is 5.21. The molecule has 0 amide bonds. The molecule has 0 spiro atoms. The standard InChI is InChI=1S/C13H19BrFN/c1-4-13(3,5-2)16-9-10-6-7-11(15)8-12(10)14/h6-8,16H,4-5,9H2,1-3H3. The molecule has 0 aromatic heterocycles.